The van der Waals surface area contributed by atoms with Gasteiger partial charge >= 0.3 is 0 Å². The topological polar surface area (TPSA) is 98.2 Å². The van der Waals surface area contributed by atoms with Gasteiger partial charge in [0.15, 0.2) is 0 Å². The quantitative estimate of drug-likeness (QED) is 0.644. The van der Waals surface area contributed by atoms with Crippen molar-refractivity contribution in [3.63, 3.8) is 0 Å². The highest BCUT2D eigenvalue weighted by Crippen LogP contribution is 2.27. The zero-order valence-electron chi connectivity index (χ0n) is 11.9. The lowest BCUT2D eigenvalue weighted by atomic mass is 9.82. The molecule has 1 saturated carbocycles. The Balaban J connectivity index is 2.57. The van der Waals surface area contributed by atoms with Crippen molar-refractivity contribution in [1.29, 1.82) is 0 Å². The summed E-state index contributed by atoms with van der Waals surface area (Å²) in [5.41, 5.74) is 11.1. The number of rotatable bonds is 7. The molecule has 110 valence electrons. The number of carbonyl (C=O) groups is 2. The van der Waals surface area contributed by atoms with Gasteiger partial charge in [0, 0.05) is 12.5 Å². The highest BCUT2D eigenvalue weighted by atomic mass is 16.2. The Morgan fingerprint density at radius 3 is 2.42 bits per heavy atom. The number of carbonyl (C=O) groups excluding carboxylic acids is 2. The van der Waals surface area contributed by atoms with E-state index in [1.807, 2.05) is 6.92 Å². The Morgan fingerprint density at radius 2 is 1.89 bits per heavy atom. The first kappa shape index (κ1) is 16.0. The van der Waals surface area contributed by atoms with Crippen LogP contribution in [0.25, 0.3) is 0 Å². The summed E-state index contributed by atoms with van der Waals surface area (Å²) in [7, 11) is 0. The van der Waals surface area contributed by atoms with Crippen LogP contribution in [0.1, 0.15) is 58.3 Å². The van der Waals surface area contributed by atoms with Gasteiger partial charge in [-0.3, -0.25) is 9.59 Å². The standard InChI is InChI=1S/C14H27N3O2/c1-2-6-11(15)14(19)17-12(9-13(16)18)10-7-4-3-5-8-10/h10-12H,2-9,15H2,1H3,(H2,16,18)(H,17,19). The van der Waals surface area contributed by atoms with Crippen LogP contribution in [0, 0.1) is 5.92 Å². The third kappa shape index (κ3) is 5.59. The van der Waals surface area contributed by atoms with Gasteiger partial charge in [-0.15, -0.1) is 0 Å². The number of amides is 2. The van der Waals surface area contributed by atoms with Crippen molar-refractivity contribution >= 4 is 11.8 Å². The molecule has 0 spiro atoms. The van der Waals surface area contributed by atoms with Crippen LogP contribution in [0.2, 0.25) is 0 Å². The maximum absolute atomic E-state index is 12.0. The first-order valence-electron chi connectivity index (χ1n) is 7.38. The van der Waals surface area contributed by atoms with Gasteiger partial charge in [0.2, 0.25) is 11.8 Å². The Hall–Kier alpha value is -1.10. The van der Waals surface area contributed by atoms with Crippen molar-refractivity contribution < 1.29 is 9.59 Å². The van der Waals surface area contributed by atoms with E-state index < -0.39 is 6.04 Å². The minimum atomic E-state index is -0.482. The molecule has 2 atom stereocenters. The van der Waals surface area contributed by atoms with E-state index in [2.05, 4.69) is 5.32 Å². The monoisotopic (exact) mass is 269 g/mol. The second-order valence-electron chi connectivity index (χ2n) is 5.58. The van der Waals surface area contributed by atoms with E-state index in [9.17, 15) is 9.59 Å². The van der Waals surface area contributed by atoms with Crippen molar-refractivity contribution in [3.8, 4) is 0 Å². The zero-order valence-corrected chi connectivity index (χ0v) is 11.9. The lowest BCUT2D eigenvalue weighted by Gasteiger charge is -2.31. The van der Waals surface area contributed by atoms with Gasteiger partial charge in [-0.05, 0) is 25.2 Å². The third-order valence-electron chi connectivity index (χ3n) is 3.90. The molecule has 0 aliphatic heterocycles. The second kappa shape index (κ2) is 8.15. The van der Waals surface area contributed by atoms with Crippen LogP contribution in [0.4, 0.5) is 0 Å². The van der Waals surface area contributed by atoms with Crippen molar-refractivity contribution in [2.75, 3.05) is 0 Å². The van der Waals surface area contributed by atoms with Crippen LogP contribution in [0.5, 0.6) is 0 Å². The molecular formula is C14H27N3O2. The van der Waals surface area contributed by atoms with Gasteiger partial charge in [0.25, 0.3) is 0 Å². The lowest BCUT2D eigenvalue weighted by molar-refractivity contribution is -0.124. The maximum Gasteiger partial charge on any atom is 0.237 e. The molecule has 0 aromatic heterocycles. The van der Waals surface area contributed by atoms with Gasteiger partial charge in [-0.25, -0.2) is 0 Å². The summed E-state index contributed by atoms with van der Waals surface area (Å²) in [6.07, 6.45) is 7.44. The fourth-order valence-electron chi connectivity index (χ4n) is 2.82. The second-order valence-corrected chi connectivity index (χ2v) is 5.58. The molecule has 0 saturated heterocycles. The van der Waals surface area contributed by atoms with E-state index in [0.717, 1.165) is 32.1 Å². The van der Waals surface area contributed by atoms with Crippen LogP contribution in [0.3, 0.4) is 0 Å². The molecule has 5 N–H and O–H groups in total. The molecule has 1 aliphatic rings. The average molecular weight is 269 g/mol. The fraction of sp³-hybridized carbons (Fsp3) is 0.857. The van der Waals surface area contributed by atoms with Crippen LogP contribution < -0.4 is 16.8 Å². The number of hydrogen-bond donors (Lipinski definition) is 3. The molecule has 1 fully saturated rings. The van der Waals surface area contributed by atoms with Gasteiger partial charge in [-0.1, -0.05) is 32.6 Å². The first-order valence-corrected chi connectivity index (χ1v) is 7.38. The summed E-state index contributed by atoms with van der Waals surface area (Å²) >= 11 is 0. The van der Waals surface area contributed by atoms with Crippen LogP contribution in [-0.4, -0.2) is 23.9 Å². The molecule has 1 aliphatic carbocycles. The summed E-state index contributed by atoms with van der Waals surface area (Å²) < 4.78 is 0. The average Bonchev–Trinajstić information content (AvgIpc) is 2.38. The van der Waals surface area contributed by atoms with Crippen LogP contribution in [-0.2, 0) is 9.59 Å². The van der Waals surface area contributed by atoms with E-state index in [1.54, 1.807) is 0 Å². The highest BCUT2D eigenvalue weighted by Gasteiger charge is 2.27. The Labute approximate surface area is 115 Å². The predicted molar refractivity (Wildman–Crippen MR) is 75.2 cm³/mol. The predicted octanol–water partition coefficient (Wildman–Crippen LogP) is 1.05. The maximum atomic E-state index is 12.0. The molecule has 5 heteroatoms. The summed E-state index contributed by atoms with van der Waals surface area (Å²) in [5, 5.41) is 2.94. The minimum Gasteiger partial charge on any atom is -0.370 e. The Bertz CT molecular complexity index is 301. The Morgan fingerprint density at radius 1 is 1.26 bits per heavy atom. The fourth-order valence-corrected chi connectivity index (χ4v) is 2.82. The molecule has 2 amide bonds. The van der Waals surface area contributed by atoms with Crippen LogP contribution >= 0.6 is 0 Å². The molecule has 0 heterocycles. The van der Waals surface area contributed by atoms with Gasteiger partial charge in [0.1, 0.15) is 0 Å². The smallest absolute Gasteiger partial charge is 0.237 e. The zero-order chi connectivity index (χ0) is 14.3. The summed E-state index contributed by atoms with van der Waals surface area (Å²) in [5.74, 6) is -0.155. The number of nitrogens with one attached hydrogen (secondary N) is 1. The third-order valence-corrected chi connectivity index (χ3v) is 3.90. The Kier molecular flexibility index (Phi) is 6.84. The molecular weight excluding hydrogens is 242 g/mol. The summed E-state index contributed by atoms with van der Waals surface area (Å²) in [6.45, 7) is 2.00. The molecule has 1 rings (SSSR count). The van der Waals surface area contributed by atoms with Gasteiger partial charge < -0.3 is 16.8 Å². The van der Waals surface area contributed by atoms with Crippen molar-refractivity contribution in [2.45, 2.75) is 70.4 Å². The van der Waals surface area contributed by atoms with Gasteiger partial charge in [-0.2, -0.15) is 0 Å². The molecule has 0 radical (unpaired) electrons. The summed E-state index contributed by atoms with van der Waals surface area (Å²) in [6, 6.07) is -0.628. The normalized spacial score (nSPS) is 19.7. The van der Waals surface area contributed by atoms with E-state index in [0.29, 0.717) is 12.3 Å². The van der Waals surface area contributed by atoms with E-state index in [4.69, 9.17) is 11.5 Å². The SMILES string of the molecule is CCCC(N)C(=O)NC(CC(N)=O)C1CCCCC1. The molecule has 0 aromatic carbocycles. The van der Waals surface area contributed by atoms with Crippen molar-refractivity contribution in [2.24, 2.45) is 17.4 Å². The minimum absolute atomic E-state index is 0.145. The molecule has 2 unspecified atom stereocenters. The first-order chi connectivity index (χ1) is 9.04. The largest absolute Gasteiger partial charge is 0.370 e. The summed E-state index contributed by atoms with van der Waals surface area (Å²) in [4.78, 5) is 23.1. The highest BCUT2D eigenvalue weighted by molar-refractivity contribution is 5.82. The molecule has 0 bridgehead atoms. The molecule has 0 aromatic rings. The number of primary amides is 1. The number of hydrogen-bond acceptors (Lipinski definition) is 3. The van der Waals surface area contributed by atoms with Crippen LogP contribution in [0.15, 0.2) is 0 Å². The van der Waals surface area contributed by atoms with E-state index in [-0.39, 0.29) is 24.3 Å². The number of nitrogens with two attached hydrogens (primary N) is 2. The van der Waals surface area contributed by atoms with E-state index in [1.165, 1.54) is 6.42 Å². The van der Waals surface area contributed by atoms with Crippen molar-refractivity contribution in [1.82, 2.24) is 5.32 Å². The van der Waals surface area contributed by atoms with Crippen molar-refractivity contribution in [3.05, 3.63) is 0 Å². The van der Waals surface area contributed by atoms with E-state index >= 15 is 0 Å². The lowest BCUT2D eigenvalue weighted by Crippen LogP contribution is -2.49. The molecule has 19 heavy (non-hydrogen) atoms. The van der Waals surface area contributed by atoms with Gasteiger partial charge in [0.05, 0.1) is 6.04 Å². The molecule has 5 nitrogen and oxygen atoms in total.